The van der Waals surface area contributed by atoms with Gasteiger partial charge in [0.25, 0.3) is 11.5 Å². The number of carbonyl (C=O) groups is 2. The number of nitrogens with one attached hydrogen (secondary N) is 2. The maximum Gasteiger partial charge on any atom is 0.261 e. The van der Waals surface area contributed by atoms with Crippen molar-refractivity contribution >= 4 is 11.7 Å². The molecule has 1 atom stereocenters. The van der Waals surface area contributed by atoms with Crippen molar-refractivity contribution in [1.82, 2.24) is 10.3 Å². The lowest BCUT2D eigenvalue weighted by atomic mass is 9.75. The number of hydrogen-bond donors (Lipinski definition) is 2. The molecule has 0 saturated carbocycles. The number of pyridine rings is 1. The van der Waals surface area contributed by atoms with Crippen LogP contribution in [0.2, 0.25) is 0 Å². The SMILES string of the molecule is CC(C)(C)CC(NC(=O)c1cc2c([nH]c1=O)CC(C)(C)CC2=O)c1ccc(F)cc1. The highest BCUT2D eigenvalue weighted by molar-refractivity contribution is 6.02. The lowest BCUT2D eigenvalue weighted by Gasteiger charge is -2.30. The van der Waals surface area contributed by atoms with Crippen LogP contribution in [-0.2, 0) is 6.42 Å². The van der Waals surface area contributed by atoms with Crippen molar-refractivity contribution in [3.63, 3.8) is 0 Å². The van der Waals surface area contributed by atoms with Gasteiger partial charge in [-0.15, -0.1) is 0 Å². The minimum absolute atomic E-state index is 0.0728. The molecule has 0 spiro atoms. The number of ketones is 1. The molecule has 2 N–H and O–H groups in total. The Hall–Kier alpha value is -2.76. The zero-order valence-electron chi connectivity index (χ0n) is 18.2. The second kappa shape index (κ2) is 7.82. The minimum atomic E-state index is -0.546. The molecular formula is C24H29FN2O3. The van der Waals surface area contributed by atoms with E-state index in [-0.39, 0.29) is 28.0 Å². The summed E-state index contributed by atoms with van der Waals surface area (Å²) in [4.78, 5) is 40.9. The Bertz CT molecular complexity index is 1030. The molecular weight excluding hydrogens is 383 g/mol. The van der Waals surface area contributed by atoms with Crippen LogP contribution < -0.4 is 10.9 Å². The highest BCUT2D eigenvalue weighted by Gasteiger charge is 2.33. The van der Waals surface area contributed by atoms with E-state index in [2.05, 4.69) is 10.3 Å². The van der Waals surface area contributed by atoms with Crippen LogP contribution in [0.3, 0.4) is 0 Å². The average Bonchev–Trinajstić information content (AvgIpc) is 2.59. The van der Waals surface area contributed by atoms with Crippen molar-refractivity contribution in [2.75, 3.05) is 0 Å². The molecule has 1 aliphatic carbocycles. The fourth-order valence-corrected chi connectivity index (χ4v) is 3.99. The molecule has 1 aliphatic rings. The van der Waals surface area contributed by atoms with E-state index < -0.39 is 17.5 Å². The van der Waals surface area contributed by atoms with E-state index in [0.29, 0.717) is 30.5 Å². The number of H-pyrrole nitrogens is 1. The van der Waals surface area contributed by atoms with E-state index in [1.807, 2.05) is 34.6 Å². The zero-order chi connectivity index (χ0) is 22.3. The number of Topliss-reactive ketones (excluding diaryl/α,β-unsaturated/α-hetero) is 1. The Morgan fingerprint density at radius 3 is 2.40 bits per heavy atom. The molecule has 30 heavy (non-hydrogen) atoms. The van der Waals surface area contributed by atoms with E-state index in [1.54, 1.807) is 12.1 Å². The minimum Gasteiger partial charge on any atom is -0.345 e. The highest BCUT2D eigenvalue weighted by Crippen LogP contribution is 2.34. The van der Waals surface area contributed by atoms with Gasteiger partial charge in [-0.1, -0.05) is 46.8 Å². The van der Waals surface area contributed by atoms with Gasteiger partial charge >= 0.3 is 0 Å². The molecule has 0 fully saturated rings. The molecule has 0 radical (unpaired) electrons. The lowest BCUT2D eigenvalue weighted by molar-refractivity contribution is 0.0910. The molecule has 1 aromatic carbocycles. The van der Waals surface area contributed by atoms with Crippen LogP contribution >= 0.6 is 0 Å². The summed E-state index contributed by atoms with van der Waals surface area (Å²) in [5.74, 6) is -0.973. The maximum atomic E-state index is 13.4. The Kier molecular flexibility index (Phi) is 5.72. The third-order valence-corrected chi connectivity index (χ3v) is 5.36. The van der Waals surface area contributed by atoms with Gasteiger partial charge in [-0.25, -0.2) is 4.39 Å². The number of halogens is 1. The molecule has 0 bridgehead atoms. The van der Waals surface area contributed by atoms with Crippen LogP contribution in [0.1, 0.15) is 85.5 Å². The van der Waals surface area contributed by atoms with E-state index in [9.17, 15) is 18.8 Å². The van der Waals surface area contributed by atoms with E-state index in [0.717, 1.165) is 5.56 Å². The van der Waals surface area contributed by atoms with Crippen molar-refractivity contribution in [2.45, 2.75) is 59.9 Å². The molecule has 160 valence electrons. The van der Waals surface area contributed by atoms with Crippen molar-refractivity contribution < 1.29 is 14.0 Å². The van der Waals surface area contributed by atoms with Crippen molar-refractivity contribution in [3.8, 4) is 0 Å². The van der Waals surface area contributed by atoms with Crippen LogP contribution in [0, 0.1) is 16.6 Å². The Morgan fingerprint density at radius 1 is 1.17 bits per heavy atom. The quantitative estimate of drug-likeness (QED) is 0.772. The summed E-state index contributed by atoms with van der Waals surface area (Å²) in [5.41, 5.74) is 0.823. The van der Waals surface area contributed by atoms with E-state index >= 15 is 0 Å². The fraction of sp³-hybridized carbons (Fsp3) is 0.458. The molecule has 0 saturated heterocycles. The van der Waals surface area contributed by atoms with Gasteiger partial charge in [0.2, 0.25) is 0 Å². The number of fused-ring (bicyclic) bond motifs is 1. The van der Waals surface area contributed by atoms with Crippen molar-refractivity contribution in [3.05, 3.63) is 68.9 Å². The lowest BCUT2D eigenvalue weighted by Crippen LogP contribution is -2.37. The smallest absolute Gasteiger partial charge is 0.261 e. The summed E-state index contributed by atoms with van der Waals surface area (Å²) < 4.78 is 13.4. The summed E-state index contributed by atoms with van der Waals surface area (Å²) in [6, 6.07) is 6.98. The van der Waals surface area contributed by atoms with Gasteiger partial charge in [-0.2, -0.15) is 0 Å². The molecule has 6 heteroatoms. The summed E-state index contributed by atoms with van der Waals surface area (Å²) in [7, 11) is 0. The summed E-state index contributed by atoms with van der Waals surface area (Å²) in [5, 5.41) is 2.91. The normalized spacial score (nSPS) is 16.7. The summed E-state index contributed by atoms with van der Waals surface area (Å²) >= 11 is 0. The second-order valence-corrected chi connectivity index (χ2v) is 10.2. The van der Waals surface area contributed by atoms with Gasteiger partial charge in [0.1, 0.15) is 11.4 Å². The molecule has 0 aliphatic heterocycles. The first kappa shape index (κ1) is 21.9. The number of aromatic amines is 1. The van der Waals surface area contributed by atoms with Gasteiger partial charge in [-0.3, -0.25) is 14.4 Å². The monoisotopic (exact) mass is 412 g/mol. The molecule has 1 unspecified atom stereocenters. The fourth-order valence-electron chi connectivity index (χ4n) is 3.99. The first-order valence-electron chi connectivity index (χ1n) is 10.2. The first-order chi connectivity index (χ1) is 13.8. The number of amides is 1. The third kappa shape index (κ3) is 5.04. The first-order valence-corrected chi connectivity index (χ1v) is 10.2. The molecule has 5 nitrogen and oxygen atoms in total. The number of aromatic nitrogens is 1. The average molecular weight is 413 g/mol. The second-order valence-electron chi connectivity index (χ2n) is 10.2. The van der Waals surface area contributed by atoms with Crippen LogP contribution in [0.15, 0.2) is 35.1 Å². The summed E-state index contributed by atoms with van der Waals surface area (Å²) in [6.07, 6.45) is 1.54. The third-order valence-electron chi connectivity index (χ3n) is 5.36. The van der Waals surface area contributed by atoms with Gasteiger partial charge in [0, 0.05) is 17.7 Å². The molecule has 1 heterocycles. The molecule has 3 rings (SSSR count). The highest BCUT2D eigenvalue weighted by atomic mass is 19.1. The van der Waals surface area contributed by atoms with Crippen LogP contribution in [0.25, 0.3) is 0 Å². The molecule has 1 amide bonds. The topological polar surface area (TPSA) is 79.0 Å². The van der Waals surface area contributed by atoms with Crippen LogP contribution in [0.4, 0.5) is 4.39 Å². The summed E-state index contributed by atoms with van der Waals surface area (Å²) in [6.45, 7) is 10.1. The predicted octanol–water partition coefficient (Wildman–Crippen LogP) is 4.58. The molecule has 1 aromatic heterocycles. The van der Waals surface area contributed by atoms with Gasteiger partial charge in [0.05, 0.1) is 6.04 Å². The Labute approximate surface area is 176 Å². The standard InChI is InChI=1S/C24H29FN2O3/c1-23(2,3)11-18(14-6-8-15(25)9-7-14)26-21(29)17-10-16-19(27-22(17)30)12-24(4,5)13-20(16)28/h6-10,18H,11-13H2,1-5H3,(H,26,29)(H,27,30). The predicted molar refractivity (Wildman–Crippen MR) is 114 cm³/mol. The maximum absolute atomic E-state index is 13.4. The van der Waals surface area contributed by atoms with Crippen LogP contribution in [0.5, 0.6) is 0 Å². The molecule has 2 aromatic rings. The number of hydrogen-bond acceptors (Lipinski definition) is 3. The van der Waals surface area contributed by atoms with Gasteiger partial charge < -0.3 is 10.3 Å². The Balaban J connectivity index is 1.93. The van der Waals surface area contributed by atoms with E-state index in [4.69, 9.17) is 0 Å². The largest absolute Gasteiger partial charge is 0.345 e. The van der Waals surface area contributed by atoms with Crippen molar-refractivity contribution in [2.24, 2.45) is 10.8 Å². The Morgan fingerprint density at radius 2 is 1.80 bits per heavy atom. The van der Waals surface area contributed by atoms with Gasteiger partial charge in [-0.05, 0) is 47.4 Å². The number of rotatable bonds is 4. The van der Waals surface area contributed by atoms with Crippen LogP contribution in [-0.4, -0.2) is 16.7 Å². The van der Waals surface area contributed by atoms with E-state index in [1.165, 1.54) is 18.2 Å². The van der Waals surface area contributed by atoms with Gasteiger partial charge in [0.15, 0.2) is 5.78 Å². The zero-order valence-corrected chi connectivity index (χ0v) is 18.2. The number of benzene rings is 1. The number of carbonyl (C=O) groups excluding carboxylic acids is 2. The van der Waals surface area contributed by atoms with Crippen molar-refractivity contribution in [1.29, 1.82) is 0 Å².